The van der Waals surface area contributed by atoms with Gasteiger partial charge in [-0.15, -0.1) is 0 Å². The van der Waals surface area contributed by atoms with E-state index in [9.17, 15) is 22.0 Å². The fraction of sp³-hybridized carbons (Fsp3) is 0.136. The van der Waals surface area contributed by atoms with E-state index in [4.69, 9.17) is 11.6 Å². The van der Waals surface area contributed by atoms with E-state index in [1.807, 2.05) is 13.0 Å². The number of sulfonamides is 1. The molecular formula is C22H19ClF2N2O3S. The zero-order valence-corrected chi connectivity index (χ0v) is 18.2. The van der Waals surface area contributed by atoms with Crippen molar-refractivity contribution in [1.82, 2.24) is 5.32 Å². The van der Waals surface area contributed by atoms with Crippen molar-refractivity contribution in [3.8, 4) is 0 Å². The zero-order chi connectivity index (χ0) is 22.8. The van der Waals surface area contributed by atoms with Crippen LogP contribution in [0.25, 0.3) is 0 Å². The van der Waals surface area contributed by atoms with Gasteiger partial charge >= 0.3 is 0 Å². The van der Waals surface area contributed by atoms with Crippen LogP contribution < -0.4 is 10.0 Å². The molecule has 31 heavy (non-hydrogen) atoms. The smallest absolute Gasteiger partial charge is 0.261 e. The van der Waals surface area contributed by atoms with Crippen LogP contribution in [0.15, 0.2) is 65.6 Å². The quantitative estimate of drug-likeness (QED) is 0.525. The molecule has 3 aromatic rings. The lowest BCUT2D eigenvalue weighted by Crippen LogP contribution is -2.27. The third-order valence-corrected chi connectivity index (χ3v) is 6.26. The molecule has 0 fully saturated rings. The molecule has 162 valence electrons. The standard InChI is InChI=1S/C22H19ClF2N2O3S/c1-13-4-3-5-16(10-13)27-31(29,30)17-7-8-19(23)18(12-17)22(28)26-14(2)15-6-9-20(24)21(25)11-15/h3-12,14,27H,1-2H3,(H,26,28). The van der Waals surface area contributed by atoms with E-state index in [0.717, 1.165) is 23.8 Å². The summed E-state index contributed by atoms with van der Waals surface area (Å²) in [6.07, 6.45) is 0. The van der Waals surface area contributed by atoms with Gasteiger partial charge < -0.3 is 5.32 Å². The first-order valence-corrected chi connectivity index (χ1v) is 11.1. The van der Waals surface area contributed by atoms with Gasteiger partial charge in [0.1, 0.15) is 0 Å². The van der Waals surface area contributed by atoms with Crippen molar-refractivity contribution in [2.24, 2.45) is 0 Å². The predicted molar refractivity (Wildman–Crippen MR) is 116 cm³/mol. The van der Waals surface area contributed by atoms with Gasteiger partial charge in [0.15, 0.2) is 11.6 Å². The van der Waals surface area contributed by atoms with Crippen LogP contribution in [-0.2, 0) is 10.0 Å². The highest BCUT2D eigenvalue weighted by Crippen LogP contribution is 2.24. The molecule has 0 bridgehead atoms. The SMILES string of the molecule is Cc1cccc(NS(=O)(=O)c2ccc(Cl)c(C(=O)NC(C)c3ccc(F)c(F)c3)c2)c1. The molecule has 0 aromatic heterocycles. The summed E-state index contributed by atoms with van der Waals surface area (Å²) in [6.45, 7) is 3.41. The topological polar surface area (TPSA) is 75.3 Å². The van der Waals surface area contributed by atoms with Gasteiger partial charge in [0.05, 0.1) is 21.5 Å². The van der Waals surface area contributed by atoms with E-state index in [-0.39, 0.29) is 15.5 Å². The summed E-state index contributed by atoms with van der Waals surface area (Å²) >= 11 is 6.11. The van der Waals surface area contributed by atoms with Crippen molar-refractivity contribution in [1.29, 1.82) is 0 Å². The Hall–Kier alpha value is -2.97. The van der Waals surface area contributed by atoms with Crippen LogP contribution in [0.3, 0.4) is 0 Å². The molecule has 0 heterocycles. The lowest BCUT2D eigenvalue weighted by Gasteiger charge is -2.16. The van der Waals surface area contributed by atoms with Crippen molar-refractivity contribution in [2.75, 3.05) is 4.72 Å². The van der Waals surface area contributed by atoms with Crippen LogP contribution in [0.4, 0.5) is 14.5 Å². The summed E-state index contributed by atoms with van der Waals surface area (Å²) in [6, 6.07) is 13.2. The van der Waals surface area contributed by atoms with E-state index >= 15 is 0 Å². The molecule has 1 atom stereocenters. The number of carbonyl (C=O) groups is 1. The van der Waals surface area contributed by atoms with Gasteiger partial charge in [-0.1, -0.05) is 29.8 Å². The number of hydrogen-bond donors (Lipinski definition) is 2. The summed E-state index contributed by atoms with van der Waals surface area (Å²) in [5.74, 6) is -2.69. The molecule has 0 aliphatic rings. The van der Waals surface area contributed by atoms with Crippen molar-refractivity contribution in [2.45, 2.75) is 24.8 Å². The molecule has 0 spiro atoms. The molecule has 3 rings (SSSR count). The van der Waals surface area contributed by atoms with Gasteiger partial charge in [0, 0.05) is 5.69 Å². The average Bonchev–Trinajstić information content (AvgIpc) is 2.69. The summed E-state index contributed by atoms with van der Waals surface area (Å²) < 4.78 is 54.6. The highest BCUT2D eigenvalue weighted by Gasteiger charge is 2.21. The largest absolute Gasteiger partial charge is 0.345 e. The van der Waals surface area contributed by atoms with Gasteiger partial charge in [-0.2, -0.15) is 0 Å². The molecular weight excluding hydrogens is 446 g/mol. The maximum absolute atomic E-state index is 13.5. The first kappa shape index (κ1) is 22.7. The first-order valence-electron chi connectivity index (χ1n) is 9.21. The summed E-state index contributed by atoms with van der Waals surface area (Å²) in [4.78, 5) is 12.6. The normalized spacial score (nSPS) is 12.3. The molecule has 0 aliphatic carbocycles. The Labute approximate surface area is 184 Å². The number of aryl methyl sites for hydroxylation is 1. The predicted octanol–water partition coefficient (Wildman–Crippen LogP) is 5.22. The number of nitrogens with one attached hydrogen (secondary N) is 2. The number of benzene rings is 3. The minimum Gasteiger partial charge on any atom is -0.345 e. The molecule has 1 amide bonds. The van der Waals surface area contributed by atoms with E-state index < -0.39 is 33.6 Å². The molecule has 0 aliphatic heterocycles. The van der Waals surface area contributed by atoms with E-state index in [2.05, 4.69) is 10.0 Å². The molecule has 1 unspecified atom stereocenters. The third kappa shape index (κ3) is 5.39. The number of hydrogen-bond acceptors (Lipinski definition) is 3. The molecule has 3 aromatic carbocycles. The fourth-order valence-electron chi connectivity index (χ4n) is 2.91. The van der Waals surface area contributed by atoms with Crippen molar-refractivity contribution in [3.05, 3.63) is 94.0 Å². The van der Waals surface area contributed by atoms with Crippen molar-refractivity contribution in [3.63, 3.8) is 0 Å². The van der Waals surface area contributed by atoms with Gasteiger partial charge in [0.2, 0.25) is 0 Å². The first-order chi connectivity index (χ1) is 14.6. The molecule has 5 nitrogen and oxygen atoms in total. The molecule has 9 heteroatoms. The maximum atomic E-state index is 13.5. The highest BCUT2D eigenvalue weighted by molar-refractivity contribution is 7.92. The van der Waals surface area contributed by atoms with Gasteiger partial charge in [-0.05, 0) is 67.4 Å². The Morgan fingerprint density at radius 1 is 1.00 bits per heavy atom. The van der Waals surface area contributed by atoms with E-state index in [0.29, 0.717) is 11.3 Å². The highest BCUT2D eigenvalue weighted by atomic mass is 35.5. The number of rotatable bonds is 6. The van der Waals surface area contributed by atoms with Crippen LogP contribution in [0.2, 0.25) is 5.02 Å². The fourth-order valence-corrected chi connectivity index (χ4v) is 4.19. The molecule has 2 N–H and O–H groups in total. The molecule has 0 saturated heterocycles. The number of carbonyl (C=O) groups excluding carboxylic acids is 1. The third-order valence-electron chi connectivity index (χ3n) is 4.55. The van der Waals surface area contributed by atoms with Crippen LogP contribution in [0.1, 0.15) is 34.5 Å². The van der Waals surface area contributed by atoms with Crippen LogP contribution >= 0.6 is 11.6 Å². The van der Waals surface area contributed by atoms with Crippen LogP contribution in [-0.4, -0.2) is 14.3 Å². The molecule has 0 saturated carbocycles. The minimum atomic E-state index is -3.97. The van der Waals surface area contributed by atoms with Gasteiger partial charge in [-0.3, -0.25) is 9.52 Å². The van der Waals surface area contributed by atoms with E-state index in [1.165, 1.54) is 18.2 Å². The van der Waals surface area contributed by atoms with Gasteiger partial charge in [-0.25, -0.2) is 17.2 Å². The average molecular weight is 465 g/mol. The Morgan fingerprint density at radius 3 is 2.42 bits per heavy atom. The second kappa shape index (κ2) is 9.03. The Morgan fingerprint density at radius 2 is 1.74 bits per heavy atom. The van der Waals surface area contributed by atoms with Crippen LogP contribution in [0, 0.1) is 18.6 Å². The summed E-state index contributed by atoms with van der Waals surface area (Å²) in [7, 11) is -3.97. The summed E-state index contributed by atoms with van der Waals surface area (Å²) in [5, 5.41) is 2.65. The second-order valence-corrected chi connectivity index (χ2v) is 9.07. The van der Waals surface area contributed by atoms with Crippen molar-refractivity contribution < 1.29 is 22.0 Å². The van der Waals surface area contributed by atoms with E-state index in [1.54, 1.807) is 25.1 Å². The maximum Gasteiger partial charge on any atom is 0.261 e. The Kier molecular flexibility index (Phi) is 6.62. The second-order valence-electron chi connectivity index (χ2n) is 6.99. The number of anilines is 1. The van der Waals surface area contributed by atoms with Crippen molar-refractivity contribution >= 4 is 33.2 Å². The lowest BCUT2D eigenvalue weighted by molar-refractivity contribution is 0.0939. The zero-order valence-electron chi connectivity index (χ0n) is 16.6. The monoisotopic (exact) mass is 464 g/mol. The Balaban J connectivity index is 1.84. The molecule has 0 radical (unpaired) electrons. The Bertz CT molecular complexity index is 1250. The number of amides is 1. The number of halogens is 3. The lowest BCUT2D eigenvalue weighted by atomic mass is 10.1. The minimum absolute atomic E-state index is 0.0458. The summed E-state index contributed by atoms with van der Waals surface area (Å²) in [5.41, 5.74) is 1.53. The van der Waals surface area contributed by atoms with Gasteiger partial charge in [0.25, 0.3) is 15.9 Å². The van der Waals surface area contributed by atoms with Crippen LogP contribution in [0.5, 0.6) is 0 Å².